The Morgan fingerprint density at radius 1 is 1.20 bits per heavy atom. The van der Waals surface area contributed by atoms with Gasteiger partial charge in [-0.15, -0.1) is 0 Å². The molecule has 0 radical (unpaired) electrons. The number of nitrogens with zero attached hydrogens (tertiary/aromatic N) is 2. The average molecular weight is 278 g/mol. The molecule has 0 fully saturated rings. The fraction of sp³-hybridized carbons (Fsp3) is 0.286. The number of benzene rings is 1. The van der Waals surface area contributed by atoms with Crippen LogP contribution in [-0.4, -0.2) is 9.97 Å². The Hall–Kier alpha value is -2.24. The third-order valence-electron chi connectivity index (χ3n) is 2.74. The number of halogens is 2. The normalized spacial score (nSPS) is 10.6. The van der Waals surface area contributed by atoms with Gasteiger partial charge in [0.2, 0.25) is 0 Å². The molecule has 0 saturated heterocycles. The van der Waals surface area contributed by atoms with Crippen molar-refractivity contribution in [2.75, 3.05) is 11.1 Å². The molecule has 1 aromatic carbocycles. The largest absolute Gasteiger partial charge is 0.384 e. The Kier molecular flexibility index (Phi) is 4.45. The van der Waals surface area contributed by atoms with Gasteiger partial charge in [-0.05, 0) is 12.5 Å². The monoisotopic (exact) mass is 278 g/mol. The van der Waals surface area contributed by atoms with Crippen molar-refractivity contribution in [2.45, 2.75) is 26.3 Å². The van der Waals surface area contributed by atoms with E-state index in [0.29, 0.717) is 23.0 Å². The summed E-state index contributed by atoms with van der Waals surface area (Å²) in [5, 5.41) is 2.97. The van der Waals surface area contributed by atoms with Gasteiger partial charge in [-0.1, -0.05) is 13.0 Å². The average Bonchev–Trinajstić information content (AvgIpc) is 2.37. The molecule has 0 aliphatic rings. The van der Waals surface area contributed by atoms with Crippen LogP contribution in [0, 0.1) is 11.6 Å². The molecule has 2 aromatic rings. The van der Waals surface area contributed by atoms with Crippen LogP contribution in [0.1, 0.15) is 24.7 Å². The Balaban J connectivity index is 2.10. The first-order valence-corrected chi connectivity index (χ1v) is 6.39. The van der Waals surface area contributed by atoms with E-state index in [1.165, 1.54) is 12.1 Å². The number of nitrogen functional groups attached to an aromatic ring is 1. The minimum absolute atomic E-state index is 0.203. The van der Waals surface area contributed by atoms with Gasteiger partial charge in [0.25, 0.3) is 0 Å². The highest BCUT2D eigenvalue weighted by atomic mass is 19.1. The summed E-state index contributed by atoms with van der Waals surface area (Å²) in [7, 11) is 0. The van der Waals surface area contributed by atoms with E-state index in [0.717, 1.165) is 18.9 Å². The third-order valence-corrected chi connectivity index (χ3v) is 2.74. The molecular weight excluding hydrogens is 262 g/mol. The van der Waals surface area contributed by atoms with Gasteiger partial charge in [0, 0.05) is 30.7 Å². The number of nitrogens with two attached hydrogens (primary N) is 1. The van der Waals surface area contributed by atoms with Crippen molar-refractivity contribution in [3.8, 4) is 0 Å². The van der Waals surface area contributed by atoms with Crippen LogP contribution in [0.2, 0.25) is 0 Å². The van der Waals surface area contributed by atoms with Crippen molar-refractivity contribution < 1.29 is 8.78 Å². The molecule has 4 nitrogen and oxygen atoms in total. The summed E-state index contributed by atoms with van der Waals surface area (Å²) in [4.78, 5) is 8.40. The second kappa shape index (κ2) is 6.27. The first-order chi connectivity index (χ1) is 9.58. The maximum Gasteiger partial charge on any atom is 0.133 e. The van der Waals surface area contributed by atoms with Crippen molar-refractivity contribution in [3.63, 3.8) is 0 Å². The van der Waals surface area contributed by atoms with Crippen LogP contribution >= 0.6 is 0 Å². The molecule has 0 atom stereocenters. The topological polar surface area (TPSA) is 63.8 Å². The summed E-state index contributed by atoms with van der Waals surface area (Å²) in [5.74, 6) is 0.362. The molecule has 0 saturated carbocycles. The quantitative estimate of drug-likeness (QED) is 0.882. The van der Waals surface area contributed by atoms with Crippen molar-refractivity contribution >= 4 is 11.6 Å². The van der Waals surface area contributed by atoms with Crippen molar-refractivity contribution in [1.29, 1.82) is 0 Å². The second-order valence-electron chi connectivity index (χ2n) is 4.43. The number of hydrogen-bond acceptors (Lipinski definition) is 4. The lowest BCUT2D eigenvalue weighted by Gasteiger charge is -2.09. The lowest BCUT2D eigenvalue weighted by Crippen LogP contribution is -2.07. The molecule has 3 N–H and O–H groups in total. The highest BCUT2D eigenvalue weighted by Crippen LogP contribution is 2.14. The van der Waals surface area contributed by atoms with Gasteiger partial charge in [-0.3, -0.25) is 0 Å². The fourth-order valence-corrected chi connectivity index (χ4v) is 1.79. The summed E-state index contributed by atoms with van der Waals surface area (Å²) >= 11 is 0. The maximum absolute atomic E-state index is 13.5. The summed E-state index contributed by atoms with van der Waals surface area (Å²) in [6, 6.07) is 5.06. The molecule has 0 amide bonds. The second-order valence-corrected chi connectivity index (χ2v) is 4.43. The maximum atomic E-state index is 13.5. The standard InChI is InChI=1S/C14H16F2N4/c1-2-3-13-19-12(17)7-14(20-13)18-8-9-4-5-10(15)6-11(9)16/h4-7H,2-3,8H2,1H3,(H3,17,18,19,20). The first-order valence-electron chi connectivity index (χ1n) is 6.39. The van der Waals surface area contributed by atoms with Gasteiger partial charge in [0.05, 0.1) is 0 Å². The first kappa shape index (κ1) is 14.2. The predicted octanol–water partition coefficient (Wildman–Crippen LogP) is 2.90. The van der Waals surface area contributed by atoms with Gasteiger partial charge < -0.3 is 11.1 Å². The highest BCUT2D eigenvalue weighted by molar-refractivity contribution is 5.45. The van der Waals surface area contributed by atoms with Crippen molar-refractivity contribution in [3.05, 3.63) is 47.3 Å². The molecule has 0 aliphatic heterocycles. The number of nitrogens with one attached hydrogen (secondary N) is 1. The van der Waals surface area contributed by atoms with Gasteiger partial charge in [-0.2, -0.15) is 0 Å². The molecule has 1 heterocycles. The van der Waals surface area contributed by atoms with Crippen molar-refractivity contribution in [1.82, 2.24) is 9.97 Å². The van der Waals surface area contributed by atoms with Gasteiger partial charge >= 0.3 is 0 Å². The Labute approximate surface area is 116 Å². The summed E-state index contributed by atoms with van der Waals surface area (Å²) < 4.78 is 26.3. The van der Waals surface area contributed by atoms with Gasteiger partial charge in [0.1, 0.15) is 29.1 Å². The van der Waals surface area contributed by atoms with Crippen LogP contribution in [-0.2, 0) is 13.0 Å². The Bertz CT molecular complexity index is 602. The van der Waals surface area contributed by atoms with Gasteiger partial charge in [0.15, 0.2) is 0 Å². The van der Waals surface area contributed by atoms with E-state index in [1.54, 1.807) is 6.07 Å². The predicted molar refractivity (Wildman–Crippen MR) is 74.1 cm³/mol. The van der Waals surface area contributed by atoms with Crippen LogP contribution in [0.15, 0.2) is 24.3 Å². The van der Waals surface area contributed by atoms with Crippen LogP contribution in [0.25, 0.3) is 0 Å². The van der Waals surface area contributed by atoms with E-state index in [4.69, 9.17) is 5.73 Å². The number of aromatic nitrogens is 2. The SMILES string of the molecule is CCCc1nc(N)cc(NCc2ccc(F)cc2F)n1. The zero-order valence-electron chi connectivity index (χ0n) is 11.2. The molecule has 0 unspecified atom stereocenters. The lowest BCUT2D eigenvalue weighted by molar-refractivity contribution is 0.574. The van der Waals surface area contributed by atoms with E-state index >= 15 is 0 Å². The molecule has 2 rings (SSSR count). The van der Waals surface area contributed by atoms with Gasteiger partial charge in [-0.25, -0.2) is 18.7 Å². The van der Waals surface area contributed by atoms with E-state index in [-0.39, 0.29) is 6.54 Å². The summed E-state index contributed by atoms with van der Waals surface area (Å²) in [6.45, 7) is 2.22. The zero-order chi connectivity index (χ0) is 14.5. The van der Waals surface area contributed by atoms with Crippen LogP contribution < -0.4 is 11.1 Å². The molecule has 106 valence electrons. The zero-order valence-corrected chi connectivity index (χ0v) is 11.2. The molecule has 20 heavy (non-hydrogen) atoms. The van der Waals surface area contributed by atoms with Crippen LogP contribution in [0.3, 0.4) is 0 Å². The number of aryl methyl sites for hydroxylation is 1. The Morgan fingerprint density at radius 3 is 2.70 bits per heavy atom. The number of hydrogen-bond donors (Lipinski definition) is 2. The molecule has 6 heteroatoms. The van der Waals surface area contributed by atoms with E-state index in [2.05, 4.69) is 15.3 Å². The Morgan fingerprint density at radius 2 is 2.00 bits per heavy atom. The van der Waals surface area contributed by atoms with E-state index < -0.39 is 11.6 Å². The van der Waals surface area contributed by atoms with E-state index in [9.17, 15) is 8.78 Å². The smallest absolute Gasteiger partial charge is 0.133 e. The van der Waals surface area contributed by atoms with E-state index in [1.807, 2.05) is 6.92 Å². The molecule has 0 spiro atoms. The molecule has 1 aromatic heterocycles. The lowest BCUT2D eigenvalue weighted by atomic mass is 10.2. The minimum atomic E-state index is -0.595. The highest BCUT2D eigenvalue weighted by Gasteiger charge is 2.06. The van der Waals surface area contributed by atoms with Crippen LogP contribution in [0.4, 0.5) is 20.4 Å². The number of anilines is 2. The minimum Gasteiger partial charge on any atom is -0.384 e. The molecule has 0 bridgehead atoms. The molecular formula is C14H16F2N4. The van der Waals surface area contributed by atoms with Crippen LogP contribution in [0.5, 0.6) is 0 Å². The molecule has 0 aliphatic carbocycles. The summed E-state index contributed by atoms with van der Waals surface area (Å²) in [6.07, 6.45) is 1.64. The number of rotatable bonds is 5. The third kappa shape index (κ3) is 3.63. The summed E-state index contributed by atoms with van der Waals surface area (Å²) in [5.41, 5.74) is 6.06. The fourth-order valence-electron chi connectivity index (χ4n) is 1.79. The van der Waals surface area contributed by atoms with Crippen molar-refractivity contribution in [2.24, 2.45) is 0 Å².